The van der Waals surface area contributed by atoms with Gasteiger partial charge in [-0.2, -0.15) is 0 Å². The Bertz CT molecular complexity index is 796. The first-order chi connectivity index (χ1) is 11.7. The summed E-state index contributed by atoms with van der Waals surface area (Å²) in [4.78, 5) is 16.4. The number of amides is 1. The van der Waals surface area contributed by atoms with E-state index in [2.05, 4.69) is 10.3 Å². The minimum atomic E-state index is -0.0807. The minimum absolute atomic E-state index is 0.0807. The van der Waals surface area contributed by atoms with Crippen molar-refractivity contribution in [3.05, 3.63) is 70.1 Å². The molecule has 1 amide bonds. The number of ether oxygens (including phenoxy) is 1. The van der Waals surface area contributed by atoms with Gasteiger partial charge in [0.1, 0.15) is 23.1 Å². The van der Waals surface area contributed by atoms with Gasteiger partial charge in [0, 0.05) is 5.38 Å². The van der Waals surface area contributed by atoms with Gasteiger partial charge in [0.15, 0.2) is 0 Å². The molecule has 0 fully saturated rings. The SMILES string of the molecule is Cc1cccc(OCc2nc(CC(=O)NCc3ccco3)cs2)c1. The van der Waals surface area contributed by atoms with Crippen molar-refractivity contribution in [1.82, 2.24) is 10.3 Å². The van der Waals surface area contributed by atoms with Gasteiger partial charge in [-0.3, -0.25) is 4.79 Å². The van der Waals surface area contributed by atoms with Crippen molar-refractivity contribution in [2.24, 2.45) is 0 Å². The molecule has 2 aromatic heterocycles. The Labute approximate surface area is 144 Å². The highest BCUT2D eigenvalue weighted by Crippen LogP contribution is 2.17. The number of aromatic nitrogens is 1. The van der Waals surface area contributed by atoms with Crippen LogP contribution in [0.15, 0.2) is 52.5 Å². The first-order valence-corrected chi connectivity index (χ1v) is 8.49. The third-order valence-electron chi connectivity index (χ3n) is 3.33. The Hall–Kier alpha value is -2.60. The van der Waals surface area contributed by atoms with Crippen LogP contribution in [0.1, 0.15) is 22.0 Å². The zero-order chi connectivity index (χ0) is 16.8. The predicted molar refractivity (Wildman–Crippen MR) is 91.9 cm³/mol. The number of nitrogens with one attached hydrogen (secondary N) is 1. The van der Waals surface area contributed by atoms with E-state index in [4.69, 9.17) is 9.15 Å². The summed E-state index contributed by atoms with van der Waals surface area (Å²) in [7, 11) is 0. The first-order valence-electron chi connectivity index (χ1n) is 7.61. The highest BCUT2D eigenvalue weighted by atomic mass is 32.1. The Balaban J connectivity index is 1.47. The lowest BCUT2D eigenvalue weighted by atomic mass is 10.2. The molecule has 24 heavy (non-hydrogen) atoms. The smallest absolute Gasteiger partial charge is 0.226 e. The van der Waals surface area contributed by atoms with Crippen molar-refractivity contribution < 1.29 is 13.9 Å². The van der Waals surface area contributed by atoms with Crippen LogP contribution in [0.3, 0.4) is 0 Å². The topological polar surface area (TPSA) is 64.4 Å². The normalized spacial score (nSPS) is 10.5. The summed E-state index contributed by atoms with van der Waals surface area (Å²) in [6.45, 7) is 2.82. The van der Waals surface area contributed by atoms with Crippen LogP contribution in [0.2, 0.25) is 0 Å². The number of carbonyl (C=O) groups is 1. The number of thiazole rings is 1. The maximum absolute atomic E-state index is 11.9. The Morgan fingerprint density at radius 2 is 2.25 bits per heavy atom. The number of benzene rings is 1. The van der Waals surface area contributed by atoms with Gasteiger partial charge in [-0.1, -0.05) is 12.1 Å². The molecule has 0 atom stereocenters. The molecule has 6 heteroatoms. The third-order valence-corrected chi connectivity index (χ3v) is 4.20. The summed E-state index contributed by atoms with van der Waals surface area (Å²) in [5.74, 6) is 1.47. The molecule has 124 valence electrons. The minimum Gasteiger partial charge on any atom is -0.486 e. The number of hydrogen-bond acceptors (Lipinski definition) is 5. The highest BCUT2D eigenvalue weighted by Gasteiger charge is 2.09. The molecule has 0 saturated heterocycles. The second kappa shape index (κ2) is 7.79. The van der Waals surface area contributed by atoms with E-state index in [1.165, 1.54) is 11.3 Å². The fourth-order valence-electron chi connectivity index (χ4n) is 2.17. The summed E-state index contributed by atoms with van der Waals surface area (Å²) in [6.07, 6.45) is 1.84. The predicted octanol–water partition coefficient (Wildman–Crippen LogP) is 3.48. The number of nitrogens with zero attached hydrogens (tertiary/aromatic N) is 1. The molecule has 0 saturated carbocycles. The van der Waals surface area contributed by atoms with Crippen molar-refractivity contribution in [1.29, 1.82) is 0 Å². The molecule has 0 radical (unpaired) electrons. The second-order valence-electron chi connectivity index (χ2n) is 5.37. The Morgan fingerprint density at radius 3 is 3.04 bits per heavy atom. The molecular formula is C18H18N2O3S. The molecule has 3 aromatic rings. The van der Waals surface area contributed by atoms with E-state index in [1.54, 1.807) is 12.3 Å². The molecule has 1 N–H and O–H groups in total. The number of carbonyl (C=O) groups excluding carboxylic acids is 1. The van der Waals surface area contributed by atoms with Crippen molar-refractivity contribution >= 4 is 17.2 Å². The fraction of sp³-hybridized carbons (Fsp3) is 0.222. The molecule has 0 aliphatic carbocycles. The molecule has 0 bridgehead atoms. The second-order valence-corrected chi connectivity index (χ2v) is 6.31. The highest BCUT2D eigenvalue weighted by molar-refractivity contribution is 7.09. The lowest BCUT2D eigenvalue weighted by Crippen LogP contribution is -2.24. The van der Waals surface area contributed by atoms with E-state index in [-0.39, 0.29) is 12.3 Å². The lowest BCUT2D eigenvalue weighted by Gasteiger charge is -2.04. The quantitative estimate of drug-likeness (QED) is 0.714. The van der Waals surface area contributed by atoms with Crippen LogP contribution in [0, 0.1) is 6.92 Å². The summed E-state index contributed by atoms with van der Waals surface area (Å²) < 4.78 is 10.9. The molecule has 0 aliphatic rings. The summed E-state index contributed by atoms with van der Waals surface area (Å²) in [5, 5.41) is 5.55. The van der Waals surface area contributed by atoms with Gasteiger partial charge in [0.25, 0.3) is 0 Å². The number of aryl methyl sites for hydroxylation is 1. The fourth-order valence-corrected chi connectivity index (χ4v) is 2.88. The van der Waals surface area contributed by atoms with Gasteiger partial charge in [-0.25, -0.2) is 4.98 Å². The molecule has 5 nitrogen and oxygen atoms in total. The van der Waals surface area contributed by atoms with Gasteiger partial charge in [0.2, 0.25) is 5.91 Å². The van der Waals surface area contributed by atoms with Gasteiger partial charge < -0.3 is 14.5 Å². The first kappa shape index (κ1) is 16.3. The largest absolute Gasteiger partial charge is 0.486 e. The van der Waals surface area contributed by atoms with Crippen LogP contribution in [-0.2, 0) is 24.4 Å². The molecule has 0 spiro atoms. The van der Waals surface area contributed by atoms with Gasteiger partial charge in [-0.15, -0.1) is 11.3 Å². The van der Waals surface area contributed by atoms with E-state index in [0.29, 0.717) is 13.2 Å². The van der Waals surface area contributed by atoms with E-state index in [0.717, 1.165) is 27.8 Å². The number of furan rings is 1. The maximum Gasteiger partial charge on any atom is 0.226 e. The summed E-state index contributed by atoms with van der Waals surface area (Å²) in [6, 6.07) is 11.5. The molecule has 1 aromatic carbocycles. The van der Waals surface area contributed by atoms with Crippen LogP contribution in [0.5, 0.6) is 5.75 Å². The van der Waals surface area contributed by atoms with Crippen LogP contribution in [-0.4, -0.2) is 10.9 Å². The van der Waals surface area contributed by atoms with Gasteiger partial charge >= 0.3 is 0 Å². The van der Waals surface area contributed by atoms with Crippen molar-refractivity contribution in [3.63, 3.8) is 0 Å². The van der Waals surface area contributed by atoms with E-state index >= 15 is 0 Å². The molecule has 0 unspecified atom stereocenters. The van der Waals surface area contributed by atoms with Crippen molar-refractivity contribution in [2.75, 3.05) is 0 Å². The van der Waals surface area contributed by atoms with Crippen LogP contribution in [0.4, 0.5) is 0 Å². The van der Waals surface area contributed by atoms with Gasteiger partial charge in [-0.05, 0) is 36.8 Å². The molecule has 3 rings (SSSR count). The number of rotatable bonds is 7. The van der Waals surface area contributed by atoms with Gasteiger partial charge in [0.05, 0.1) is 24.9 Å². The Morgan fingerprint density at radius 1 is 1.33 bits per heavy atom. The molecule has 2 heterocycles. The number of hydrogen-bond donors (Lipinski definition) is 1. The lowest BCUT2D eigenvalue weighted by molar-refractivity contribution is -0.120. The monoisotopic (exact) mass is 342 g/mol. The average molecular weight is 342 g/mol. The van der Waals surface area contributed by atoms with Crippen molar-refractivity contribution in [3.8, 4) is 5.75 Å². The zero-order valence-corrected chi connectivity index (χ0v) is 14.1. The summed E-state index contributed by atoms with van der Waals surface area (Å²) >= 11 is 1.50. The van der Waals surface area contributed by atoms with Crippen LogP contribution in [0.25, 0.3) is 0 Å². The average Bonchev–Trinajstić information content (AvgIpc) is 3.23. The molecule has 0 aliphatic heterocycles. The van der Waals surface area contributed by atoms with E-state index in [1.807, 2.05) is 42.6 Å². The van der Waals surface area contributed by atoms with E-state index in [9.17, 15) is 4.79 Å². The zero-order valence-electron chi connectivity index (χ0n) is 13.3. The van der Waals surface area contributed by atoms with E-state index < -0.39 is 0 Å². The summed E-state index contributed by atoms with van der Waals surface area (Å²) in [5.41, 5.74) is 1.90. The van der Waals surface area contributed by atoms with Crippen LogP contribution >= 0.6 is 11.3 Å². The standard InChI is InChI=1S/C18H18N2O3S/c1-13-4-2-5-15(8-13)23-11-18-20-14(12-24-18)9-17(21)19-10-16-6-3-7-22-16/h2-8,12H,9-11H2,1H3,(H,19,21). The van der Waals surface area contributed by atoms with Crippen LogP contribution < -0.4 is 10.1 Å². The molecular weight excluding hydrogens is 324 g/mol. The van der Waals surface area contributed by atoms with Crippen molar-refractivity contribution in [2.45, 2.75) is 26.5 Å². The third kappa shape index (κ3) is 4.70. The maximum atomic E-state index is 11.9. The Kier molecular flexibility index (Phi) is 5.28.